The Morgan fingerprint density at radius 3 is 1.94 bits per heavy atom. The first-order valence-electron chi connectivity index (χ1n) is 28.2. The zero-order valence-electron chi connectivity index (χ0n) is 49.0. The molecule has 7 aromatic rings. The van der Waals surface area contributed by atoms with Crippen molar-refractivity contribution in [3.63, 3.8) is 0 Å². The molecule has 6 amide bonds. The number of ether oxygens (including phenoxy) is 1. The fraction of sp³-hybridized carbons (Fsp3) is 0.306. The van der Waals surface area contributed by atoms with Crippen molar-refractivity contribution in [2.24, 2.45) is 5.92 Å². The van der Waals surface area contributed by atoms with Gasteiger partial charge in [-0.2, -0.15) is 4.72 Å². The fourth-order valence-corrected chi connectivity index (χ4v) is 13.4. The molecule has 26 heteroatoms. The first-order valence-corrected chi connectivity index (χ1v) is 32.4. The van der Waals surface area contributed by atoms with Gasteiger partial charge in [0.15, 0.2) is 0 Å². The number of hydrogen-bond acceptors (Lipinski definition) is 13. The van der Waals surface area contributed by atoms with Crippen molar-refractivity contribution >= 4 is 89.9 Å². The number of aromatic nitrogens is 2. The molecule has 5 atom stereocenters. The molecule has 2 aliphatic heterocycles. The molecule has 2 aliphatic rings. The fourth-order valence-electron chi connectivity index (χ4n) is 10.5. The van der Waals surface area contributed by atoms with E-state index in [0.29, 0.717) is 57.9 Å². The smallest absolute Gasteiger partial charge is 0.323 e. The molecule has 0 bridgehead atoms. The minimum absolute atomic E-state index is 0.00891. The van der Waals surface area contributed by atoms with Crippen molar-refractivity contribution < 1.29 is 60.6 Å². The highest BCUT2D eigenvalue weighted by Gasteiger charge is 2.37. The second kappa shape index (κ2) is 29.2. The van der Waals surface area contributed by atoms with Crippen molar-refractivity contribution in [2.45, 2.75) is 94.8 Å². The summed E-state index contributed by atoms with van der Waals surface area (Å²) in [4.78, 5) is 87.1. The SMILES string of the molecule is COc1cc(CC(=O)N2CCCC2c2csc(CC(NS(=O)(=O)c3ccccc3)C(=O)O)c2)ccc1NC(=O)Nc1ccccc1C.Cc1ccccc1NC(=O)Nc1ccc(CC(=O)N2CCC(C)C2c2c[nH]c(CC(NS(C)(=O)=O)C(=O)O)c2)nc1. The Bertz CT molecular complexity index is 3880. The molecule has 0 radical (unpaired) electrons. The molecule has 88 heavy (non-hydrogen) atoms. The Balaban J connectivity index is 0.000000230. The number of aromatic amines is 1. The van der Waals surface area contributed by atoms with Gasteiger partial charge in [-0.25, -0.2) is 31.1 Å². The molecule has 2 saturated heterocycles. The third-order valence-corrected chi connectivity index (χ3v) is 18.1. The number of thiophene rings is 1. The van der Waals surface area contributed by atoms with Crippen LogP contribution in [0.1, 0.15) is 82.4 Å². The van der Waals surface area contributed by atoms with Gasteiger partial charge in [0.05, 0.1) is 60.8 Å². The number of aryl methyl sites for hydroxylation is 2. The summed E-state index contributed by atoms with van der Waals surface area (Å²) >= 11 is 1.34. The van der Waals surface area contributed by atoms with Crippen molar-refractivity contribution in [1.82, 2.24) is 29.2 Å². The summed E-state index contributed by atoms with van der Waals surface area (Å²) in [7, 11) is -6.23. The number of nitrogens with zero attached hydrogens (tertiary/aromatic N) is 3. The van der Waals surface area contributed by atoms with Crippen LogP contribution in [0.4, 0.5) is 32.3 Å². The van der Waals surface area contributed by atoms with Gasteiger partial charge in [0.2, 0.25) is 31.9 Å². The van der Waals surface area contributed by atoms with E-state index in [1.807, 2.05) is 78.7 Å². The zero-order valence-corrected chi connectivity index (χ0v) is 51.4. The molecule has 5 heterocycles. The lowest BCUT2D eigenvalue weighted by Crippen LogP contribution is -2.42. The van der Waals surface area contributed by atoms with Crippen LogP contribution in [0.2, 0.25) is 0 Å². The molecular weight excluding hydrogens is 1190 g/mol. The Morgan fingerprint density at radius 2 is 1.32 bits per heavy atom. The molecular formula is C62H70N10O13S3. The summed E-state index contributed by atoms with van der Waals surface area (Å²) < 4.78 is 58.6. The van der Waals surface area contributed by atoms with Crippen LogP contribution < -0.4 is 35.4 Å². The number of methoxy groups -OCH3 is 1. The van der Waals surface area contributed by atoms with E-state index in [0.717, 1.165) is 53.3 Å². The summed E-state index contributed by atoms with van der Waals surface area (Å²) in [6.45, 7) is 7.00. The van der Waals surface area contributed by atoms with Gasteiger partial charge in [-0.1, -0.05) is 67.6 Å². The lowest BCUT2D eigenvalue weighted by atomic mass is 9.97. The Morgan fingerprint density at radius 1 is 0.693 bits per heavy atom. The minimum Gasteiger partial charge on any atom is -0.495 e. The number of H-pyrrole nitrogens is 1. The first-order chi connectivity index (χ1) is 41.9. The van der Waals surface area contributed by atoms with Gasteiger partial charge >= 0.3 is 24.0 Å². The molecule has 464 valence electrons. The van der Waals surface area contributed by atoms with E-state index >= 15 is 0 Å². The summed E-state index contributed by atoms with van der Waals surface area (Å²) in [5.74, 6) is -2.14. The number of rotatable bonds is 22. The molecule has 9 N–H and O–H groups in total. The van der Waals surface area contributed by atoms with Gasteiger partial charge < -0.3 is 51.0 Å². The second-order valence-corrected chi connectivity index (χ2v) is 26.1. The van der Waals surface area contributed by atoms with Crippen LogP contribution >= 0.6 is 11.3 Å². The Hall–Kier alpha value is -8.95. The van der Waals surface area contributed by atoms with Gasteiger partial charge in [0.1, 0.15) is 17.8 Å². The predicted octanol–water partition coefficient (Wildman–Crippen LogP) is 8.65. The molecule has 0 aliphatic carbocycles. The Kier molecular flexibility index (Phi) is 21.6. The number of nitrogens with one attached hydrogen (secondary N) is 7. The number of pyridine rings is 1. The number of urea groups is 2. The molecule has 3 aromatic heterocycles. The minimum atomic E-state index is -4.02. The van der Waals surface area contributed by atoms with Crippen LogP contribution in [-0.4, -0.2) is 121 Å². The maximum absolute atomic E-state index is 13.5. The average molecular weight is 1260 g/mol. The lowest BCUT2D eigenvalue weighted by molar-refractivity contribution is -0.139. The van der Waals surface area contributed by atoms with Crippen LogP contribution in [-0.2, 0) is 64.9 Å². The van der Waals surface area contributed by atoms with Crippen molar-refractivity contribution in [1.29, 1.82) is 0 Å². The number of carbonyl (C=O) groups excluding carboxylic acids is 4. The van der Waals surface area contributed by atoms with Crippen LogP contribution in [0.5, 0.6) is 5.75 Å². The predicted molar refractivity (Wildman–Crippen MR) is 334 cm³/mol. The molecule has 5 unspecified atom stereocenters. The number of sulfonamides is 2. The van der Waals surface area contributed by atoms with E-state index in [9.17, 15) is 55.8 Å². The lowest BCUT2D eigenvalue weighted by Gasteiger charge is -2.26. The Labute approximate surface area is 514 Å². The number of carboxylic acid groups (broad SMARTS) is 2. The molecule has 2 fully saturated rings. The van der Waals surface area contributed by atoms with Crippen LogP contribution in [0.3, 0.4) is 0 Å². The zero-order chi connectivity index (χ0) is 63.3. The average Bonchev–Trinajstić information content (AvgIpc) is 4.55. The first kappa shape index (κ1) is 65.0. The van der Waals surface area contributed by atoms with Gasteiger partial charge in [-0.15, -0.1) is 11.3 Å². The largest absolute Gasteiger partial charge is 0.495 e. The number of hydrogen-bond donors (Lipinski definition) is 9. The topological polar surface area (TPSA) is 328 Å². The number of carboxylic acids is 2. The van der Waals surface area contributed by atoms with E-state index in [2.05, 4.69) is 47.6 Å². The summed E-state index contributed by atoms with van der Waals surface area (Å²) in [6, 6.07) is 30.9. The van der Waals surface area contributed by atoms with Crippen molar-refractivity contribution in [3.05, 3.63) is 183 Å². The van der Waals surface area contributed by atoms with Crippen LogP contribution in [0, 0.1) is 19.8 Å². The molecule has 0 saturated carbocycles. The molecule has 0 spiro atoms. The van der Waals surface area contributed by atoms with E-state index in [-0.39, 0.29) is 60.4 Å². The van der Waals surface area contributed by atoms with Gasteiger partial charge in [-0.3, -0.25) is 24.2 Å². The standard InChI is InChI=1S/C34H36N4O7S2.C28H34N6O6S/c1-22-9-6-7-12-27(22)35-34(42)36-28-15-14-23(17-31(28)45-2)18-32(39)38-16-8-13-30(38)24-19-25(46-21-24)20-29(33(40)41)37-47(43,44)26-10-4-3-5-11-26;1-17-6-4-5-7-23(17)32-28(38)31-21-9-8-20(30-16-21)14-25(35)34-11-10-18(2)26(34)19-12-22(29-15-19)13-24(27(36)37)33-41(3,39)40/h3-7,9-12,14-15,17,19,21,29-30,37H,8,13,16,18,20H2,1-2H3,(H,40,41)(H2,35,36,42);4-9,12,15-16,18,24,26,29,33H,10-11,13-14H2,1-3H3,(H,36,37)(H2,31,32,38). The summed E-state index contributed by atoms with van der Waals surface area (Å²) in [6.07, 6.45) is 6.64. The monoisotopic (exact) mass is 1260 g/mol. The highest BCUT2D eigenvalue weighted by atomic mass is 32.2. The van der Waals surface area contributed by atoms with E-state index in [1.54, 1.807) is 65.7 Å². The number of benzene rings is 4. The second-order valence-electron chi connectivity index (χ2n) is 21.6. The number of carbonyl (C=O) groups is 6. The maximum atomic E-state index is 13.5. The number of anilines is 4. The quantitative estimate of drug-likeness (QED) is 0.0307. The van der Waals surface area contributed by atoms with Gasteiger partial charge in [0.25, 0.3) is 0 Å². The number of aliphatic carboxylic acids is 2. The third kappa shape index (κ3) is 17.6. The van der Waals surface area contributed by atoms with E-state index in [4.69, 9.17) is 4.74 Å². The van der Waals surface area contributed by atoms with Crippen LogP contribution in [0.25, 0.3) is 0 Å². The molecule has 9 rings (SSSR count). The highest BCUT2D eigenvalue weighted by molar-refractivity contribution is 7.89. The number of likely N-dealkylation sites (tertiary alicyclic amines) is 2. The normalized spacial score (nSPS) is 16.4. The van der Waals surface area contributed by atoms with E-state index < -0.39 is 56.1 Å². The van der Waals surface area contributed by atoms with Crippen molar-refractivity contribution in [3.8, 4) is 5.75 Å². The summed E-state index contributed by atoms with van der Waals surface area (Å²) in [5, 5.41) is 32.3. The number of para-hydroxylation sites is 2. The van der Waals surface area contributed by atoms with Crippen LogP contribution in [0.15, 0.2) is 144 Å². The molecule has 23 nitrogen and oxygen atoms in total. The third-order valence-electron chi connectivity index (χ3n) is 15.0. The van der Waals surface area contributed by atoms with E-state index in [1.165, 1.54) is 36.8 Å². The maximum Gasteiger partial charge on any atom is 0.323 e. The highest BCUT2D eigenvalue weighted by Crippen LogP contribution is 2.39. The molecule has 4 aromatic carbocycles. The van der Waals surface area contributed by atoms with Gasteiger partial charge in [0, 0.05) is 59.8 Å². The summed E-state index contributed by atoms with van der Waals surface area (Å²) in [5.41, 5.74) is 7.77. The van der Waals surface area contributed by atoms with Crippen molar-refractivity contribution in [2.75, 3.05) is 47.7 Å². The number of amides is 6. The van der Waals surface area contributed by atoms with Gasteiger partial charge in [-0.05, 0) is 133 Å².